The fourth-order valence-electron chi connectivity index (χ4n) is 1.94. The lowest BCUT2D eigenvalue weighted by Crippen LogP contribution is -2.19. The van der Waals surface area contributed by atoms with Gasteiger partial charge in [0.15, 0.2) is 0 Å². The highest BCUT2D eigenvalue weighted by Crippen LogP contribution is 2.28. The third-order valence-corrected chi connectivity index (χ3v) is 3.62. The Balaban J connectivity index is 2.16. The summed E-state index contributed by atoms with van der Waals surface area (Å²) in [7, 11) is 0. The Bertz CT molecular complexity index is 349. The first-order chi connectivity index (χ1) is 6.68. The molecule has 0 unspecified atom stereocenters. The van der Waals surface area contributed by atoms with Gasteiger partial charge >= 0.3 is 0 Å². The minimum Gasteiger partial charge on any atom is -0.300 e. The molecule has 0 bridgehead atoms. The van der Waals surface area contributed by atoms with Crippen LogP contribution in [0.5, 0.6) is 0 Å². The number of carbonyl (C=O) groups excluding carboxylic acids is 1. The maximum atomic E-state index is 11.1. The standard InChI is InChI=1S/C10H13BrN2O/c1-7-10(11)6-12-13(7)8-2-4-9(14)5-3-8/h6,8H,2-5H2,1H3. The topological polar surface area (TPSA) is 34.9 Å². The van der Waals surface area contributed by atoms with Gasteiger partial charge in [0.05, 0.1) is 16.7 Å². The molecule has 0 aliphatic heterocycles. The first-order valence-electron chi connectivity index (χ1n) is 4.90. The lowest BCUT2D eigenvalue weighted by Gasteiger charge is -2.22. The van der Waals surface area contributed by atoms with E-state index in [0.717, 1.165) is 23.0 Å². The number of ketones is 1. The van der Waals surface area contributed by atoms with Crippen LogP contribution >= 0.6 is 15.9 Å². The Hall–Kier alpha value is -0.640. The normalized spacial score (nSPS) is 18.9. The molecule has 0 saturated heterocycles. The van der Waals surface area contributed by atoms with Gasteiger partial charge in [-0.15, -0.1) is 0 Å². The summed E-state index contributed by atoms with van der Waals surface area (Å²) < 4.78 is 3.09. The molecule has 0 radical (unpaired) electrons. The second-order valence-electron chi connectivity index (χ2n) is 3.79. The Kier molecular flexibility index (Phi) is 2.72. The van der Waals surface area contributed by atoms with E-state index in [1.807, 2.05) is 17.8 Å². The van der Waals surface area contributed by atoms with Crippen molar-refractivity contribution in [3.8, 4) is 0 Å². The molecular formula is C10H13BrN2O. The molecule has 1 aromatic rings. The zero-order chi connectivity index (χ0) is 10.1. The van der Waals surface area contributed by atoms with E-state index in [-0.39, 0.29) is 0 Å². The summed E-state index contributed by atoms with van der Waals surface area (Å²) in [5.74, 6) is 0.394. The third kappa shape index (κ3) is 1.75. The largest absolute Gasteiger partial charge is 0.300 e. The summed E-state index contributed by atoms with van der Waals surface area (Å²) in [5.41, 5.74) is 1.16. The van der Waals surface area contributed by atoms with Gasteiger partial charge in [-0.2, -0.15) is 5.10 Å². The molecule has 0 spiro atoms. The summed E-state index contributed by atoms with van der Waals surface area (Å²) in [5, 5.41) is 4.32. The molecule has 1 heterocycles. The molecule has 1 fully saturated rings. The van der Waals surface area contributed by atoms with Crippen LogP contribution in [-0.2, 0) is 4.79 Å². The summed E-state index contributed by atoms with van der Waals surface area (Å²) in [6, 6.07) is 0.416. The molecule has 1 saturated carbocycles. The maximum absolute atomic E-state index is 11.1. The van der Waals surface area contributed by atoms with Gasteiger partial charge in [-0.1, -0.05) is 0 Å². The summed E-state index contributed by atoms with van der Waals surface area (Å²) in [4.78, 5) is 11.1. The van der Waals surface area contributed by atoms with Crippen LogP contribution in [0, 0.1) is 6.92 Å². The van der Waals surface area contributed by atoms with Gasteiger partial charge in [-0.3, -0.25) is 9.48 Å². The van der Waals surface area contributed by atoms with E-state index >= 15 is 0 Å². The SMILES string of the molecule is Cc1c(Br)cnn1C1CCC(=O)CC1. The van der Waals surface area contributed by atoms with Crippen LogP contribution in [0.4, 0.5) is 0 Å². The molecule has 2 rings (SSSR count). The van der Waals surface area contributed by atoms with Gasteiger partial charge in [-0.05, 0) is 35.7 Å². The van der Waals surface area contributed by atoms with Crippen molar-refractivity contribution < 1.29 is 4.79 Å². The second-order valence-corrected chi connectivity index (χ2v) is 4.65. The third-order valence-electron chi connectivity index (χ3n) is 2.84. The number of carbonyl (C=O) groups is 1. The average Bonchev–Trinajstić information content (AvgIpc) is 2.50. The zero-order valence-electron chi connectivity index (χ0n) is 8.16. The fourth-order valence-corrected chi connectivity index (χ4v) is 2.21. The second kappa shape index (κ2) is 3.85. The molecule has 0 amide bonds. The zero-order valence-corrected chi connectivity index (χ0v) is 9.75. The Labute approximate surface area is 91.6 Å². The minimum absolute atomic E-state index is 0.394. The first kappa shape index (κ1) is 9.90. The quantitative estimate of drug-likeness (QED) is 0.775. The van der Waals surface area contributed by atoms with Crippen molar-refractivity contribution in [2.75, 3.05) is 0 Å². The molecule has 14 heavy (non-hydrogen) atoms. The van der Waals surface area contributed by atoms with Crippen molar-refractivity contribution in [2.24, 2.45) is 0 Å². The highest BCUT2D eigenvalue weighted by Gasteiger charge is 2.22. The van der Waals surface area contributed by atoms with Gasteiger partial charge in [0.1, 0.15) is 5.78 Å². The van der Waals surface area contributed by atoms with E-state index in [1.165, 1.54) is 0 Å². The van der Waals surface area contributed by atoms with Crippen molar-refractivity contribution in [3.63, 3.8) is 0 Å². The number of halogens is 1. The van der Waals surface area contributed by atoms with Gasteiger partial charge in [0.25, 0.3) is 0 Å². The van der Waals surface area contributed by atoms with Crippen molar-refractivity contribution >= 4 is 21.7 Å². The Morgan fingerprint density at radius 1 is 1.50 bits per heavy atom. The van der Waals surface area contributed by atoms with E-state index in [2.05, 4.69) is 21.0 Å². The van der Waals surface area contributed by atoms with Crippen molar-refractivity contribution in [1.82, 2.24) is 9.78 Å². The number of nitrogens with zero attached hydrogens (tertiary/aromatic N) is 2. The van der Waals surface area contributed by atoms with Crippen LogP contribution in [0.25, 0.3) is 0 Å². The Morgan fingerprint density at radius 3 is 2.64 bits per heavy atom. The molecule has 4 heteroatoms. The highest BCUT2D eigenvalue weighted by molar-refractivity contribution is 9.10. The number of rotatable bonds is 1. The number of aromatic nitrogens is 2. The van der Waals surface area contributed by atoms with E-state index in [1.54, 1.807) is 0 Å². The molecule has 1 aromatic heterocycles. The lowest BCUT2D eigenvalue weighted by atomic mass is 9.94. The van der Waals surface area contributed by atoms with Crippen LogP contribution in [0.1, 0.15) is 37.4 Å². The number of hydrogen-bond acceptors (Lipinski definition) is 2. The van der Waals surface area contributed by atoms with Crippen LogP contribution in [0.15, 0.2) is 10.7 Å². The van der Waals surface area contributed by atoms with E-state index in [4.69, 9.17) is 0 Å². The number of hydrogen-bond donors (Lipinski definition) is 0. The highest BCUT2D eigenvalue weighted by atomic mass is 79.9. The van der Waals surface area contributed by atoms with Gasteiger partial charge in [0, 0.05) is 18.5 Å². The summed E-state index contributed by atoms with van der Waals surface area (Å²) in [6.07, 6.45) is 5.12. The van der Waals surface area contributed by atoms with Gasteiger partial charge in [-0.25, -0.2) is 0 Å². The van der Waals surface area contributed by atoms with Crippen LogP contribution < -0.4 is 0 Å². The predicted molar refractivity (Wildman–Crippen MR) is 57.2 cm³/mol. The monoisotopic (exact) mass is 256 g/mol. The van der Waals surface area contributed by atoms with Crippen molar-refractivity contribution in [2.45, 2.75) is 38.6 Å². The maximum Gasteiger partial charge on any atom is 0.133 e. The molecule has 0 atom stereocenters. The predicted octanol–water partition coefficient (Wildman–Crippen LogP) is 2.64. The summed E-state index contributed by atoms with van der Waals surface area (Å²) in [6.45, 7) is 2.05. The molecule has 3 nitrogen and oxygen atoms in total. The molecule has 0 aromatic carbocycles. The number of Topliss-reactive ketones (excluding diaryl/α,β-unsaturated/α-hetero) is 1. The van der Waals surface area contributed by atoms with Gasteiger partial charge in [0.2, 0.25) is 0 Å². The van der Waals surface area contributed by atoms with Crippen LogP contribution in [-0.4, -0.2) is 15.6 Å². The summed E-state index contributed by atoms with van der Waals surface area (Å²) >= 11 is 3.44. The lowest BCUT2D eigenvalue weighted by molar-refractivity contribution is -0.120. The van der Waals surface area contributed by atoms with E-state index < -0.39 is 0 Å². The fraction of sp³-hybridized carbons (Fsp3) is 0.600. The van der Waals surface area contributed by atoms with Crippen LogP contribution in [0.3, 0.4) is 0 Å². The molecule has 76 valence electrons. The molecular weight excluding hydrogens is 244 g/mol. The van der Waals surface area contributed by atoms with Gasteiger partial charge < -0.3 is 0 Å². The molecule has 1 aliphatic carbocycles. The average molecular weight is 257 g/mol. The van der Waals surface area contributed by atoms with E-state index in [9.17, 15) is 4.79 Å². The van der Waals surface area contributed by atoms with Crippen LogP contribution in [0.2, 0.25) is 0 Å². The van der Waals surface area contributed by atoms with Crippen molar-refractivity contribution in [3.05, 3.63) is 16.4 Å². The molecule has 1 aliphatic rings. The minimum atomic E-state index is 0.394. The first-order valence-corrected chi connectivity index (χ1v) is 5.69. The Morgan fingerprint density at radius 2 is 2.14 bits per heavy atom. The smallest absolute Gasteiger partial charge is 0.133 e. The van der Waals surface area contributed by atoms with Crippen molar-refractivity contribution in [1.29, 1.82) is 0 Å². The van der Waals surface area contributed by atoms with E-state index in [0.29, 0.717) is 24.7 Å². The molecule has 0 N–H and O–H groups in total.